The molecular formula is C10H14N4O3. The van der Waals surface area contributed by atoms with E-state index in [0.29, 0.717) is 0 Å². The number of carbonyl (C=O) groups is 2. The van der Waals surface area contributed by atoms with Crippen LogP contribution in [0.3, 0.4) is 0 Å². The molecule has 0 aromatic carbocycles. The van der Waals surface area contributed by atoms with Crippen LogP contribution in [0.2, 0.25) is 0 Å². The minimum Gasteiger partial charge on any atom is -0.465 e. The first kappa shape index (κ1) is 12.9. The van der Waals surface area contributed by atoms with Gasteiger partial charge in [-0.05, 0) is 6.92 Å². The molecule has 0 fully saturated rings. The molecule has 1 aromatic rings. The van der Waals surface area contributed by atoms with E-state index >= 15 is 0 Å². The Morgan fingerprint density at radius 2 is 2.41 bits per heavy atom. The average molecular weight is 238 g/mol. The van der Waals surface area contributed by atoms with Crippen molar-refractivity contribution in [2.24, 2.45) is 0 Å². The second-order valence-electron chi connectivity index (χ2n) is 3.13. The maximum atomic E-state index is 11.9. The van der Waals surface area contributed by atoms with E-state index in [1.807, 2.05) is 0 Å². The fourth-order valence-electron chi connectivity index (χ4n) is 1.20. The summed E-state index contributed by atoms with van der Waals surface area (Å²) >= 11 is 0. The SMILES string of the molecule is C=CCN(CC(=O)OCC)C(=O)c1cn[nH]n1. The zero-order valence-electron chi connectivity index (χ0n) is 9.55. The number of rotatable bonds is 6. The van der Waals surface area contributed by atoms with Gasteiger partial charge in [-0.25, -0.2) is 0 Å². The molecule has 1 amide bonds. The second-order valence-corrected chi connectivity index (χ2v) is 3.13. The first-order valence-electron chi connectivity index (χ1n) is 5.10. The lowest BCUT2D eigenvalue weighted by atomic mass is 10.3. The fraction of sp³-hybridized carbons (Fsp3) is 0.400. The molecule has 0 aliphatic heterocycles. The van der Waals surface area contributed by atoms with E-state index in [1.165, 1.54) is 17.2 Å². The maximum absolute atomic E-state index is 11.9. The third kappa shape index (κ3) is 3.71. The number of aromatic amines is 1. The number of aromatic nitrogens is 3. The molecule has 0 aliphatic rings. The number of nitrogens with one attached hydrogen (secondary N) is 1. The summed E-state index contributed by atoms with van der Waals surface area (Å²) in [5.41, 5.74) is 0.149. The van der Waals surface area contributed by atoms with E-state index in [0.717, 1.165) is 0 Å². The van der Waals surface area contributed by atoms with Crippen LogP contribution in [0.1, 0.15) is 17.4 Å². The Hall–Kier alpha value is -2.18. The fourth-order valence-corrected chi connectivity index (χ4v) is 1.20. The number of hydrogen-bond acceptors (Lipinski definition) is 5. The second kappa shape index (κ2) is 6.41. The summed E-state index contributed by atoms with van der Waals surface area (Å²) < 4.78 is 4.78. The molecule has 7 heteroatoms. The molecule has 0 radical (unpaired) electrons. The summed E-state index contributed by atoms with van der Waals surface area (Å²) in [7, 11) is 0. The van der Waals surface area contributed by atoms with E-state index < -0.39 is 11.9 Å². The molecule has 92 valence electrons. The molecule has 7 nitrogen and oxygen atoms in total. The summed E-state index contributed by atoms with van der Waals surface area (Å²) in [6, 6.07) is 0. The van der Waals surface area contributed by atoms with Gasteiger partial charge in [0.2, 0.25) is 0 Å². The molecule has 0 atom stereocenters. The number of carbonyl (C=O) groups excluding carboxylic acids is 2. The lowest BCUT2D eigenvalue weighted by Crippen LogP contribution is -2.36. The summed E-state index contributed by atoms with van der Waals surface area (Å²) in [4.78, 5) is 24.5. The number of esters is 1. The van der Waals surface area contributed by atoms with Crippen LogP contribution in [0.15, 0.2) is 18.9 Å². The van der Waals surface area contributed by atoms with Crippen LogP contribution in [0, 0.1) is 0 Å². The highest BCUT2D eigenvalue weighted by Crippen LogP contribution is 2.00. The zero-order chi connectivity index (χ0) is 12.7. The van der Waals surface area contributed by atoms with Gasteiger partial charge in [-0.1, -0.05) is 6.08 Å². The largest absolute Gasteiger partial charge is 0.465 e. The molecule has 0 aliphatic carbocycles. The van der Waals surface area contributed by atoms with E-state index in [-0.39, 0.29) is 25.4 Å². The van der Waals surface area contributed by atoms with Crippen molar-refractivity contribution in [1.29, 1.82) is 0 Å². The first-order chi connectivity index (χ1) is 8.19. The van der Waals surface area contributed by atoms with Crippen LogP contribution in [-0.4, -0.2) is 51.9 Å². The molecular weight excluding hydrogens is 224 g/mol. The summed E-state index contributed by atoms with van der Waals surface area (Å²) in [6.45, 7) is 5.62. The molecule has 1 rings (SSSR count). The van der Waals surface area contributed by atoms with Crippen LogP contribution in [0.25, 0.3) is 0 Å². The highest BCUT2D eigenvalue weighted by Gasteiger charge is 2.20. The van der Waals surface area contributed by atoms with E-state index in [4.69, 9.17) is 4.74 Å². The van der Waals surface area contributed by atoms with Crippen molar-refractivity contribution in [2.75, 3.05) is 19.7 Å². The number of ether oxygens (including phenoxy) is 1. The summed E-state index contributed by atoms with van der Waals surface area (Å²) in [5, 5.41) is 9.53. The molecule has 17 heavy (non-hydrogen) atoms. The Morgan fingerprint density at radius 1 is 1.65 bits per heavy atom. The number of amides is 1. The number of nitrogens with zero attached hydrogens (tertiary/aromatic N) is 3. The molecule has 0 unspecified atom stereocenters. The minimum absolute atomic E-state index is 0.133. The quantitative estimate of drug-likeness (QED) is 0.556. The number of H-pyrrole nitrogens is 1. The van der Waals surface area contributed by atoms with Gasteiger partial charge in [-0.15, -0.1) is 6.58 Å². The highest BCUT2D eigenvalue weighted by molar-refractivity contribution is 5.94. The summed E-state index contributed by atoms with van der Waals surface area (Å²) in [6.07, 6.45) is 2.82. The van der Waals surface area contributed by atoms with Crippen molar-refractivity contribution in [1.82, 2.24) is 20.3 Å². The smallest absolute Gasteiger partial charge is 0.325 e. The summed E-state index contributed by atoms with van der Waals surface area (Å²) in [5.74, 6) is -0.863. The van der Waals surface area contributed by atoms with Crippen LogP contribution >= 0.6 is 0 Å². The third-order valence-electron chi connectivity index (χ3n) is 1.90. The van der Waals surface area contributed by atoms with Crippen molar-refractivity contribution in [3.05, 3.63) is 24.5 Å². The molecule has 1 aromatic heterocycles. The predicted octanol–water partition coefficient (Wildman–Crippen LogP) is -0.00400. The highest BCUT2D eigenvalue weighted by atomic mass is 16.5. The minimum atomic E-state index is -0.466. The Morgan fingerprint density at radius 3 is 2.94 bits per heavy atom. The Kier molecular flexibility index (Phi) is 4.86. The van der Waals surface area contributed by atoms with Crippen molar-refractivity contribution in [2.45, 2.75) is 6.92 Å². The molecule has 1 N–H and O–H groups in total. The zero-order valence-corrected chi connectivity index (χ0v) is 9.55. The Bertz CT molecular complexity index is 388. The normalized spacial score (nSPS) is 9.71. The van der Waals surface area contributed by atoms with Gasteiger partial charge in [0.05, 0.1) is 12.8 Å². The first-order valence-corrected chi connectivity index (χ1v) is 5.10. The average Bonchev–Trinajstić information content (AvgIpc) is 2.81. The number of hydrogen-bond donors (Lipinski definition) is 1. The van der Waals surface area contributed by atoms with Gasteiger partial charge < -0.3 is 9.64 Å². The van der Waals surface area contributed by atoms with Crippen molar-refractivity contribution in [3.8, 4) is 0 Å². The lowest BCUT2D eigenvalue weighted by Gasteiger charge is -2.18. The van der Waals surface area contributed by atoms with Gasteiger partial charge in [0.15, 0.2) is 5.69 Å². The van der Waals surface area contributed by atoms with Crippen LogP contribution in [-0.2, 0) is 9.53 Å². The van der Waals surface area contributed by atoms with Gasteiger partial charge >= 0.3 is 5.97 Å². The van der Waals surface area contributed by atoms with E-state index in [9.17, 15) is 9.59 Å². The van der Waals surface area contributed by atoms with Crippen molar-refractivity contribution in [3.63, 3.8) is 0 Å². The van der Waals surface area contributed by atoms with Gasteiger partial charge in [0, 0.05) is 6.54 Å². The molecule has 0 spiro atoms. The Labute approximate surface area is 98.4 Å². The predicted molar refractivity (Wildman–Crippen MR) is 59.1 cm³/mol. The van der Waals surface area contributed by atoms with Crippen molar-refractivity contribution < 1.29 is 14.3 Å². The molecule has 0 bridgehead atoms. The van der Waals surface area contributed by atoms with E-state index in [1.54, 1.807) is 6.92 Å². The van der Waals surface area contributed by atoms with Crippen LogP contribution in [0.5, 0.6) is 0 Å². The maximum Gasteiger partial charge on any atom is 0.325 e. The lowest BCUT2D eigenvalue weighted by molar-refractivity contribution is -0.143. The standard InChI is InChI=1S/C10H14N4O3/c1-3-5-14(7-9(15)17-4-2)10(16)8-6-11-13-12-8/h3,6H,1,4-5,7H2,2H3,(H,11,12,13). The monoisotopic (exact) mass is 238 g/mol. The molecule has 0 saturated heterocycles. The van der Waals surface area contributed by atoms with Gasteiger partial charge in [-0.3, -0.25) is 9.59 Å². The van der Waals surface area contributed by atoms with Gasteiger partial charge in [0.25, 0.3) is 5.91 Å². The van der Waals surface area contributed by atoms with Gasteiger partial charge in [-0.2, -0.15) is 15.4 Å². The Balaban J connectivity index is 2.68. The van der Waals surface area contributed by atoms with Crippen molar-refractivity contribution >= 4 is 11.9 Å². The van der Waals surface area contributed by atoms with Crippen LogP contribution in [0.4, 0.5) is 0 Å². The molecule has 1 heterocycles. The third-order valence-corrected chi connectivity index (χ3v) is 1.90. The van der Waals surface area contributed by atoms with E-state index in [2.05, 4.69) is 22.0 Å². The van der Waals surface area contributed by atoms with Gasteiger partial charge in [0.1, 0.15) is 6.54 Å². The van der Waals surface area contributed by atoms with Crippen LogP contribution < -0.4 is 0 Å². The molecule has 0 saturated carbocycles. The topological polar surface area (TPSA) is 88.2 Å².